The number of aromatic nitrogens is 5. The molecule has 0 aliphatic heterocycles. The van der Waals surface area contributed by atoms with E-state index in [0.29, 0.717) is 38.8 Å². The molecule has 2 aromatic carbocycles. The first kappa shape index (κ1) is 34.5. The number of aldehydes is 1. The first-order valence-electron chi connectivity index (χ1n) is 13.3. The van der Waals surface area contributed by atoms with Crippen molar-refractivity contribution in [1.29, 1.82) is 0 Å². The number of carbonyl (C=O) groups is 2. The molecule has 0 radical (unpaired) electrons. The van der Waals surface area contributed by atoms with Gasteiger partial charge in [-0.25, -0.2) is 24.7 Å². The molecule has 0 unspecified atom stereocenters. The first-order chi connectivity index (χ1) is 21.8. The van der Waals surface area contributed by atoms with Gasteiger partial charge in [-0.15, -0.1) is 0 Å². The number of nitrogens with zero attached hydrogens (tertiary/aromatic N) is 5. The molecule has 3 aromatic heterocycles. The van der Waals surface area contributed by atoms with Gasteiger partial charge >= 0.3 is 5.97 Å². The van der Waals surface area contributed by atoms with Crippen molar-refractivity contribution in [2.24, 2.45) is 7.05 Å². The second-order valence-electron chi connectivity index (χ2n) is 8.63. The fourth-order valence-corrected chi connectivity index (χ4v) is 4.14. The molecule has 5 aromatic rings. The fraction of sp³-hybridized carbons (Fsp3) is 0.194. The number of anilines is 1. The number of pyridine rings is 1. The van der Waals surface area contributed by atoms with E-state index in [0.717, 1.165) is 11.7 Å². The van der Waals surface area contributed by atoms with Gasteiger partial charge in [0.15, 0.2) is 29.0 Å². The van der Waals surface area contributed by atoms with Gasteiger partial charge < -0.3 is 19.5 Å². The molecule has 0 aliphatic rings. The Labute approximate surface area is 268 Å². The van der Waals surface area contributed by atoms with Crippen molar-refractivity contribution >= 4 is 52.6 Å². The Balaban J connectivity index is 0.000000198. The second-order valence-corrected chi connectivity index (χ2v) is 10.2. The predicted molar refractivity (Wildman–Crippen MR) is 176 cm³/mol. The van der Waals surface area contributed by atoms with Gasteiger partial charge in [0.25, 0.3) is 5.56 Å². The molecule has 14 heteroatoms. The lowest BCUT2D eigenvalue weighted by Crippen LogP contribution is -2.19. The summed E-state index contributed by atoms with van der Waals surface area (Å²) in [6.45, 7) is -0.0412. The van der Waals surface area contributed by atoms with Crippen molar-refractivity contribution in [3.63, 3.8) is 0 Å². The van der Waals surface area contributed by atoms with Crippen LogP contribution >= 0.6 is 23.5 Å². The van der Waals surface area contributed by atoms with Gasteiger partial charge in [0.05, 0.1) is 12.7 Å². The molecule has 0 amide bonds. The van der Waals surface area contributed by atoms with Crippen LogP contribution in [0.3, 0.4) is 0 Å². The molecular formula is C31H32N6O6S2. The highest BCUT2D eigenvalue weighted by molar-refractivity contribution is 7.98. The highest BCUT2D eigenvalue weighted by atomic mass is 32.2. The third-order valence-electron chi connectivity index (χ3n) is 5.72. The van der Waals surface area contributed by atoms with Crippen LogP contribution in [-0.2, 0) is 16.6 Å². The molecule has 0 saturated heterocycles. The standard InChI is InChI=1S/C15H13N3O2S.C9H10O3.C7H9N3OS/c1-18-13-10(9-16-15(17-13)21-2)8-12(14(18)19)20-11-6-4-3-5-7-11;1-11-9(10)7-12-8-5-3-2-4-6-8;1-8-6-5(4-11)3-9-7(10-6)12-2/h3-9H,1-2H3;2-6H,7H2,1H3;3-4H,1-2H3,(H,8,9,10). The van der Waals surface area contributed by atoms with Crippen LogP contribution in [0.15, 0.2) is 94.2 Å². The van der Waals surface area contributed by atoms with E-state index in [4.69, 9.17) is 9.47 Å². The number of ether oxygens (including phenoxy) is 3. The molecular weight excluding hydrogens is 617 g/mol. The lowest BCUT2D eigenvalue weighted by atomic mass is 10.3. The SMILES string of the molecule is CNc1nc(SC)ncc1C=O.COC(=O)COc1ccccc1.CSc1ncc2cc(Oc3ccccc3)c(=O)n(C)c2n1. The third kappa shape index (κ3) is 10.3. The highest BCUT2D eigenvalue weighted by Crippen LogP contribution is 2.22. The number of fused-ring (bicyclic) bond motifs is 1. The van der Waals surface area contributed by atoms with E-state index in [-0.39, 0.29) is 23.9 Å². The number of methoxy groups -OCH3 is 1. The number of rotatable bonds is 9. The Hall–Kier alpha value is -4.95. The van der Waals surface area contributed by atoms with Gasteiger partial charge in [0.2, 0.25) is 0 Å². The summed E-state index contributed by atoms with van der Waals surface area (Å²) in [4.78, 5) is 50.1. The summed E-state index contributed by atoms with van der Waals surface area (Å²) in [7, 11) is 4.73. The molecule has 234 valence electrons. The largest absolute Gasteiger partial charge is 0.482 e. The molecule has 0 bridgehead atoms. The van der Waals surface area contributed by atoms with Gasteiger partial charge in [-0.1, -0.05) is 59.9 Å². The second kappa shape index (κ2) is 18.0. The number of nitrogens with one attached hydrogen (secondary N) is 1. The zero-order chi connectivity index (χ0) is 32.6. The van der Waals surface area contributed by atoms with Crippen LogP contribution in [0.4, 0.5) is 5.82 Å². The third-order valence-corrected chi connectivity index (χ3v) is 6.84. The van der Waals surface area contributed by atoms with Gasteiger partial charge in [-0.05, 0) is 42.8 Å². The summed E-state index contributed by atoms with van der Waals surface area (Å²) in [5.74, 6) is 1.75. The predicted octanol–water partition coefficient (Wildman–Crippen LogP) is 5.13. The Morgan fingerprint density at radius 1 is 0.933 bits per heavy atom. The minimum atomic E-state index is -0.376. The average molecular weight is 649 g/mol. The number of hydrogen-bond acceptors (Lipinski definition) is 13. The summed E-state index contributed by atoms with van der Waals surface area (Å²) in [6, 6.07) is 20.0. The molecule has 45 heavy (non-hydrogen) atoms. The van der Waals surface area contributed by atoms with E-state index < -0.39 is 0 Å². The topological polar surface area (TPSA) is 147 Å². The fourth-order valence-electron chi connectivity index (χ4n) is 3.47. The molecule has 1 N–H and O–H groups in total. The number of para-hydroxylation sites is 2. The van der Waals surface area contributed by atoms with Crippen LogP contribution in [0, 0.1) is 0 Å². The number of benzene rings is 2. The van der Waals surface area contributed by atoms with Crippen molar-refractivity contribution in [2.75, 3.05) is 38.6 Å². The van der Waals surface area contributed by atoms with E-state index in [1.165, 1.54) is 41.4 Å². The monoisotopic (exact) mass is 648 g/mol. The maximum Gasteiger partial charge on any atom is 0.343 e. The number of aryl methyl sites for hydroxylation is 1. The number of hydrogen-bond donors (Lipinski definition) is 1. The van der Waals surface area contributed by atoms with E-state index in [2.05, 4.69) is 30.0 Å². The van der Waals surface area contributed by atoms with Crippen molar-refractivity contribution < 1.29 is 23.8 Å². The molecule has 0 spiro atoms. The maximum atomic E-state index is 12.4. The van der Waals surface area contributed by atoms with Crippen molar-refractivity contribution in [1.82, 2.24) is 24.5 Å². The van der Waals surface area contributed by atoms with E-state index >= 15 is 0 Å². The van der Waals surface area contributed by atoms with Crippen LogP contribution < -0.4 is 20.3 Å². The Morgan fingerprint density at radius 3 is 2.11 bits per heavy atom. The van der Waals surface area contributed by atoms with E-state index in [1.54, 1.807) is 50.6 Å². The minimum Gasteiger partial charge on any atom is -0.482 e. The number of esters is 1. The van der Waals surface area contributed by atoms with Crippen LogP contribution in [0.5, 0.6) is 17.2 Å². The van der Waals surface area contributed by atoms with Gasteiger partial charge in [-0.3, -0.25) is 14.2 Å². The van der Waals surface area contributed by atoms with Crippen molar-refractivity contribution in [2.45, 2.75) is 10.3 Å². The Bertz CT molecular complexity index is 1760. The Morgan fingerprint density at radius 2 is 1.53 bits per heavy atom. The molecule has 0 saturated carbocycles. The van der Waals surface area contributed by atoms with Crippen LogP contribution in [-0.4, -0.2) is 70.0 Å². The summed E-state index contributed by atoms with van der Waals surface area (Å²) < 4.78 is 16.6. The quantitative estimate of drug-likeness (QED) is 0.0975. The van der Waals surface area contributed by atoms with Gasteiger partial charge in [-0.2, -0.15) is 0 Å². The summed E-state index contributed by atoms with van der Waals surface area (Å²) >= 11 is 2.88. The zero-order valence-electron chi connectivity index (χ0n) is 25.3. The minimum absolute atomic E-state index is 0.0412. The van der Waals surface area contributed by atoms with Gasteiger partial charge in [0, 0.05) is 31.9 Å². The lowest BCUT2D eigenvalue weighted by molar-refractivity contribution is -0.142. The van der Waals surface area contributed by atoms with E-state index in [9.17, 15) is 14.4 Å². The summed E-state index contributed by atoms with van der Waals surface area (Å²) in [5, 5.41) is 4.88. The van der Waals surface area contributed by atoms with Crippen LogP contribution in [0.2, 0.25) is 0 Å². The lowest BCUT2D eigenvalue weighted by Gasteiger charge is -2.09. The highest BCUT2D eigenvalue weighted by Gasteiger charge is 2.11. The number of thioether (sulfide) groups is 2. The molecule has 3 heterocycles. The van der Waals surface area contributed by atoms with Crippen molar-refractivity contribution in [3.05, 3.63) is 95.0 Å². The number of carbonyl (C=O) groups excluding carboxylic acids is 2. The van der Waals surface area contributed by atoms with Crippen molar-refractivity contribution in [3.8, 4) is 17.2 Å². The Kier molecular flexibility index (Phi) is 13.8. The molecule has 0 atom stereocenters. The summed E-state index contributed by atoms with van der Waals surface area (Å²) in [6.07, 6.45) is 7.72. The normalized spacial score (nSPS) is 9.98. The van der Waals surface area contributed by atoms with E-state index in [1.807, 2.05) is 48.9 Å². The molecule has 12 nitrogen and oxygen atoms in total. The van der Waals surface area contributed by atoms with Gasteiger partial charge in [0.1, 0.15) is 23.0 Å². The average Bonchev–Trinajstić information content (AvgIpc) is 3.10. The molecule has 5 rings (SSSR count). The van der Waals surface area contributed by atoms with Crippen LogP contribution in [0.25, 0.3) is 11.0 Å². The molecule has 0 aliphatic carbocycles. The van der Waals surface area contributed by atoms with Crippen LogP contribution in [0.1, 0.15) is 10.4 Å². The first-order valence-corrected chi connectivity index (χ1v) is 15.7. The smallest absolute Gasteiger partial charge is 0.343 e. The zero-order valence-corrected chi connectivity index (χ0v) is 26.9. The summed E-state index contributed by atoms with van der Waals surface area (Å²) in [5.41, 5.74) is 0.854. The maximum absolute atomic E-state index is 12.4. The molecule has 0 fully saturated rings.